The number of carbonyl (C=O) groups excluding carboxylic acids is 1. The smallest absolute Gasteiger partial charge is 0.410 e. The number of amides is 1. The Morgan fingerprint density at radius 1 is 1.27 bits per heavy atom. The Bertz CT molecular complexity index is 809. The number of nitrogens with zero attached hydrogens (tertiary/aromatic N) is 2. The molecule has 0 saturated carbocycles. The number of aryl methyl sites for hydroxylation is 1. The van der Waals surface area contributed by atoms with Crippen molar-refractivity contribution in [3.05, 3.63) is 60.0 Å². The molecule has 5 nitrogen and oxygen atoms in total. The monoisotopic (exact) mass is 295 g/mol. The maximum atomic E-state index is 11.3. The summed E-state index contributed by atoms with van der Waals surface area (Å²) < 4.78 is 7.37. The minimum absolute atomic E-state index is 0.465. The third kappa shape index (κ3) is 2.79. The van der Waals surface area contributed by atoms with Gasteiger partial charge in [-0.2, -0.15) is 0 Å². The summed E-state index contributed by atoms with van der Waals surface area (Å²) in [4.78, 5) is 15.3. The Kier molecular flexibility index (Phi) is 3.78. The largest absolute Gasteiger partial charge is 0.412 e. The number of hydrogen-bond acceptors (Lipinski definition) is 3. The number of aromatic nitrogens is 2. The minimum Gasteiger partial charge on any atom is -0.410 e. The zero-order chi connectivity index (χ0) is 15.5. The molecule has 3 aromatic rings. The molecule has 2 aromatic heterocycles. The van der Waals surface area contributed by atoms with Crippen molar-refractivity contribution in [3.63, 3.8) is 0 Å². The first-order chi connectivity index (χ1) is 10.7. The van der Waals surface area contributed by atoms with Crippen molar-refractivity contribution in [2.75, 3.05) is 7.05 Å². The first kappa shape index (κ1) is 14.1. The summed E-state index contributed by atoms with van der Waals surface area (Å²) in [5, 5.41) is 3.52. The van der Waals surface area contributed by atoms with Crippen molar-refractivity contribution >= 4 is 17.0 Å². The lowest BCUT2D eigenvalue weighted by Crippen LogP contribution is -2.21. The highest BCUT2D eigenvalue weighted by Crippen LogP contribution is 2.26. The van der Waals surface area contributed by atoms with Crippen LogP contribution < -0.4 is 10.1 Å². The molecule has 0 saturated heterocycles. The summed E-state index contributed by atoms with van der Waals surface area (Å²) >= 11 is 0. The molecule has 0 atom stereocenters. The van der Waals surface area contributed by atoms with Crippen LogP contribution in [-0.4, -0.2) is 22.7 Å². The topological polar surface area (TPSA) is 56.1 Å². The van der Waals surface area contributed by atoms with Crippen LogP contribution >= 0.6 is 0 Å². The van der Waals surface area contributed by atoms with E-state index in [1.807, 2.05) is 24.3 Å². The third-order valence-electron chi connectivity index (χ3n) is 3.57. The van der Waals surface area contributed by atoms with Gasteiger partial charge in [0.15, 0.2) is 0 Å². The molecule has 3 rings (SSSR count). The van der Waals surface area contributed by atoms with Crippen LogP contribution in [0.25, 0.3) is 10.9 Å². The fourth-order valence-electron chi connectivity index (χ4n) is 2.49. The van der Waals surface area contributed by atoms with Gasteiger partial charge in [0.2, 0.25) is 0 Å². The van der Waals surface area contributed by atoms with Gasteiger partial charge in [-0.3, -0.25) is 4.98 Å². The van der Waals surface area contributed by atoms with Gasteiger partial charge < -0.3 is 14.6 Å². The summed E-state index contributed by atoms with van der Waals surface area (Å²) in [5.41, 5.74) is 3.45. The normalized spacial score (nSPS) is 10.6. The zero-order valence-electron chi connectivity index (χ0n) is 12.5. The van der Waals surface area contributed by atoms with E-state index in [-0.39, 0.29) is 0 Å². The molecular weight excluding hydrogens is 278 g/mol. The third-order valence-corrected chi connectivity index (χ3v) is 3.57. The van der Waals surface area contributed by atoms with E-state index in [9.17, 15) is 4.79 Å². The zero-order valence-corrected chi connectivity index (χ0v) is 12.5. The fraction of sp³-hybridized carbons (Fsp3) is 0.176. The molecule has 5 heteroatoms. The maximum Gasteiger partial charge on any atom is 0.412 e. The van der Waals surface area contributed by atoms with Crippen molar-refractivity contribution in [3.8, 4) is 5.75 Å². The van der Waals surface area contributed by atoms with Crippen LogP contribution in [0, 0.1) is 6.92 Å². The molecule has 2 heterocycles. The Morgan fingerprint density at radius 3 is 2.77 bits per heavy atom. The summed E-state index contributed by atoms with van der Waals surface area (Å²) in [6.07, 6.45) is 5.23. The molecule has 112 valence electrons. The Hall–Kier alpha value is -2.82. The number of fused-ring (bicyclic) bond motifs is 1. The molecule has 0 aliphatic carbocycles. The van der Waals surface area contributed by atoms with Crippen LogP contribution in [0.2, 0.25) is 0 Å². The van der Waals surface area contributed by atoms with Crippen molar-refractivity contribution in [2.24, 2.45) is 0 Å². The quantitative estimate of drug-likeness (QED) is 0.807. The molecule has 1 amide bonds. The minimum atomic E-state index is -0.465. The van der Waals surface area contributed by atoms with Crippen molar-refractivity contribution in [2.45, 2.75) is 13.5 Å². The first-order valence-electron chi connectivity index (χ1n) is 7.05. The predicted octanol–water partition coefficient (Wildman–Crippen LogP) is 3.11. The molecule has 0 radical (unpaired) electrons. The van der Waals surface area contributed by atoms with Crippen LogP contribution in [-0.2, 0) is 6.54 Å². The van der Waals surface area contributed by atoms with Crippen LogP contribution in [0.3, 0.4) is 0 Å². The molecule has 0 aliphatic heterocycles. The first-order valence-corrected chi connectivity index (χ1v) is 7.05. The van der Waals surface area contributed by atoms with E-state index in [1.54, 1.807) is 18.5 Å². The SMILES string of the molecule is CNC(=O)Oc1ccc2c(c1)c(C)cn2Cc1ccncc1. The van der Waals surface area contributed by atoms with Gasteiger partial charge in [0.05, 0.1) is 0 Å². The van der Waals surface area contributed by atoms with Gasteiger partial charge in [0.25, 0.3) is 0 Å². The van der Waals surface area contributed by atoms with E-state index >= 15 is 0 Å². The average molecular weight is 295 g/mol. The molecule has 0 fully saturated rings. The number of rotatable bonds is 3. The summed E-state index contributed by atoms with van der Waals surface area (Å²) in [5.74, 6) is 0.539. The van der Waals surface area contributed by atoms with E-state index in [4.69, 9.17) is 4.74 Å². The predicted molar refractivity (Wildman–Crippen MR) is 85.1 cm³/mol. The standard InChI is InChI=1S/C17H17N3O2/c1-12-10-20(11-13-5-7-19-8-6-13)16-4-3-14(9-15(12)16)22-17(21)18-2/h3-10H,11H2,1-2H3,(H,18,21). The number of ether oxygens (including phenoxy) is 1. The highest BCUT2D eigenvalue weighted by molar-refractivity contribution is 5.86. The molecule has 0 spiro atoms. The summed E-state index contributed by atoms with van der Waals surface area (Å²) in [6.45, 7) is 2.83. The van der Waals surface area contributed by atoms with E-state index in [0.717, 1.165) is 23.0 Å². The Labute approximate surface area is 128 Å². The molecule has 1 N–H and O–H groups in total. The molecule has 0 aliphatic rings. The molecule has 22 heavy (non-hydrogen) atoms. The number of pyridine rings is 1. The second-order valence-corrected chi connectivity index (χ2v) is 5.11. The van der Waals surface area contributed by atoms with E-state index < -0.39 is 6.09 Å². The van der Waals surface area contributed by atoms with Gasteiger partial charge in [0, 0.05) is 43.1 Å². The molecule has 0 bridgehead atoms. The van der Waals surface area contributed by atoms with Crippen molar-refractivity contribution in [1.29, 1.82) is 0 Å². The van der Waals surface area contributed by atoms with E-state index in [0.29, 0.717) is 5.75 Å². The van der Waals surface area contributed by atoms with Crippen LogP contribution in [0.15, 0.2) is 48.9 Å². The van der Waals surface area contributed by atoms with Crippen LogP contribution in [0.5, 0.6) is 5.75 Å². The van der Waals surface area contributed by atoms with Crippen LogP contribution in [0.4, 0.5) is 4.79 Å². The number of carbonyl (C=O) groups is 1. The highest BCUT2D eigenvalue weighted by Gasteiger charge is 2.09. The lowest BCUT2D eigenvalue weighted by atomic mass is 10.2. The highest BCUT2D eigenvalue weighted by atomic mass is 16.5. The van der Waals surface area contributed by atoms with E-state index in [2.05, 4.69) is 28.0 Å². The van der Waals surface area contributed by atoms with Crippen molar-refractivity contribution in [1.82, 2.24) is 14.9 Å². The van der Waals surface area contributed by atoms with Gasteiger partial charge >= 0.3 is 6.09 Å². The Morgan fingerprint density at radius 2 is 2.05 bits per heavy atom. The van der Waals surface area contributed by atoms with Crippen molar-refractivity contribution < 1.29 is 9.53 Å². The van der Waals surface area contributed by atoms with Gasteiger partial charge in [-0.1, -0.05) is 0 Å². The second-order valence-electron chi connectivity index (χ2n) is 5.11. The lowest BCUT2D eigenvalue weighted by molar-refractivity contribution is 0.203. The van der Waals surface area contributed by atoms with Gasteiger partial charge in [0.1, 0.15) is 5.75 Å². The summed E-state index contributed by atoms with van der Waals surface area (Å²) in [6, 6.07) is 9.68. The van der Waals surface area contributed by atoms with Crippen LogP contribution in [0.1, 0.15) is 11.1 Å². The second kappa shape index (κ2) is 5.89. The van der Waals surface area contributed by atoms with E-state index in [1.165, 1.54) is 12.6 Å². The lowest BCUT2D eigenvalue weighted by Gasteiger charge is -2.07. The number of benzene rings is 1. The molecule has 1 aromatic carbocycles. The molecule has 0 unspecified atom stereocenters. The number of hydrogen-bond donors (Lipinski definition) is 1. The molecular formula is C17H17N3O2. The maximum absolute atomic E-state index is 11.3. The van der Waals surface area contributed by atoms with Gasteiger partial charge in [-0.15, -0.1) is 0 Å². The summed E-state index contributed by atoms with van der Waals surface area (Å²) in [7, 11) is 1.54. The average Bonchev–Trinajstić information content (AvgIpc) is 2.84. The Balaban J connectivity index is 1.95. The van der Waals surface area contributed by atoms with Gasteiger partial charge in [-0.05, 0) is 48.4 Å². The fourth-order valence-corrected chi connectivity index (χ4v) is 2.49. The van der Waals surface area contributed by atoms with Gasteiger partial charge in [-0.25, -0.2) is 4.79 Å². The number of nitrogens with one attached hydrogen (secondary N) is 1.